The van der Waals surface area contributed by atoms with Crippen molar-refractivity contribution in [3.05, 3.63) is 40.4 Å². The zero-order valence-electron chi connectivity index (χ0n) is 13.1. The number of allylic oxidation sites excluding steroid dienone is 2. The molecule has 1 aromatic carbocycles. The summed E-state index contributed by atoms with van der Waals surface area (Å²) in [4.78, 5) is 24.3. The highest BCUT2D eigenvalue weighted by molar-refractivity contribution is 6.35. The molecule has 0 heterocycles. The van der Waals surface area contributed by atoms with E-state index in [1.165, 1.54) is 0 Å². The van der Waals surface area contributed by atoms with Crippen LogP contribution in [0.1, 0.15) is 39.0 Å². The van der Waals surface area contributed by atoms with Crippen molar-refractivity contribution in [1.82, 2.24) is 0 Å². The molecular weight excluding hydrogens is 333 g/mol. The summed E-state index contributed by atoms with van der Waals surface area (Å²) >= 11 is 11.9. The number of Topliss-reactive ketones (excluding diaryl/α,β-unsaturated/α-hetero) is 1. The normalized spacial score (nSPS) is 21.1. The van der Waals surface area contributed by atoms with E-state index in [2.05, 4.69) is 24.4 Å². The molecule has 1 aromatic rings. The molecule has 1 N–H and O–H groups in total. The minimum absolute atomic E-state index is 0.0356. The molecule has 5 heteroatoms. The van der Waals surface area contributed by atoms with E-state index in [-0.39, 0.29) is 23.5 Å². The van der Waals surface area contributed by atoms with Crippen LogP contribution in [-0.2, 0) is 9.59 Å². The van der Waals surface area contributed by atoms with Crippen LogP contribution in [0.4, 0.5) is 5.69 Å². The molecule has 1 amide bonds. The standard InChI is InChI=1S/C18H21Cl2NO2/c1-2-3-4-5-16-12(6-7-17(16)22)8-18(23)21-15-10-13(19)9-14(20)11-15/h3-4,9-12,16H,2,5-8H2,1H3,(H,21,23)/b4-3-/t12-,16-/m0/s1. The topological polar surface area (TPSA) is 46.2 Å². The maximum Gasteiger partial charge on any atom is 0.224 e. The summed E-state index contributed by atoms with van der Waals surface area (Å²) in [5.74, 6) is 0.243. The third kappa shape index (κ3) is 5.36. The number of rotatable bonds is 6. The van der Waals surface area contributed by atoms with Crippen molar-refractivity contribution in [2.45, 2.75) is 39.0 Å². The highest BCUT2D eigenvalue weighted by Gasteiger charge is 2.34. The largest absolute Gasteiger partial charge is 0.326 e. The van der Waals surface area contributed by atoms with Gasteiger partial charge in [0, 0.05) is 34.5 Å². The van der Waals surface area contributed by atoms with Crippen LogP contribution >= 0.6 is 23.2 Å². The second-order valence-corrected chi connectivity index (χ2v) is 6.77. The van der Waals surface area contributed by atoms with E-state index in [4.69, 9.17) is 23.2 Å². The molecule has 0 aromatic heterocycles. The first kappa shape index (κ1) is 18.0. The molecular formula is C18H21Cl2NO2. The molecule has 0 aliphatic heterocycles. The molecule has 1 aliphatic rings. The number of amides is 1. The maximum absolute atomic E-state index is 12.2. The Morgan fingerprint density at radius 2 is 1.96 bits per heavy atom. The molecule has 3 nitrogen and oxygen atoms in total. The smallest absolute Gasteiger partial charge is 0.224 e. The van der Waals surface area contributed by atoms with Crippen molar-refractivity contribution in [3.8, 4) is 0 Å². The first-order valence-corrected chi connectivity index (χ1v) is 8.68. The van der Waals surface area contributed by atoms with Gasteiger partial charge in [0.1, 0.15) is 5.78 Å². The summed E-state index contributed by atoms with van der Waals surface area (Å²) < 4.78 is 0. The molecule has 0 unspecified atom stereocenters. The van der Waals surface area contributed by atoms with Crippen LogP contribution in [-0.4, -0.2) is 11.7 Å². The van der Waals surface area contributed by atoms with Crippen LogP contribution in [0.3, 0.4) is 0 Å². The van der Waals surface area contributed by atoms with Crippen molar-refractivity contribution >= 4 is 40.6 Å². The zero-order chi connectivity index (χ0) is 16.8. The van der Waals surface area contributed by atoms with Crippen LogP contribution < -0.4 is 5.32 Å². The van der Waals surface area contributed by atoms with Crippen LogP contribution in [0.25, 0.3) is 0 Å². The van der Waals surface area contributed by atoms with E-state index in [9.17, 15) is 9.59 Å². The summed E-state index contributed by atoms with van der Waals surface area (Å²) in [6.07, 6.45) is 7.51. The average Bonchev–Trinajstić information content (AvgIpc) is 2.79. The van der Waals surface area contributed by atoms with Gasteiger partial charge in [-0.25, -0.2) is 0 Å². The summed E-state index contributed by atoms with van der Waals surface area (Å²) in [5, 5.41) is 3.77. The van der Waals surface area contributed by atoms with Gasteiger partial charge >= 0.3 is 0 Å². The minimum Gasteiger partial charge on any atom is -0.326 e. The van der Waals surface area contributed by atoms with Crippen LogP contribution in [0.15, 0.2) is 30.4 Å². The van der Waals surface area contributed by atoms with Crippen LogP contribution in [0, 0.1) is 11.8 Å². The molecule has 0 spiro atoms. The summed E-state index contributed by atoms with van der Waals surface area (Å²) in [7, 11) is 0. The Hall–Kier alpha value is -1.32. The quantitative estimate of drug-likeness (QED) is 0.707. The number of halogens is 2. The number of ketones is 1. The minimum atomic E-state index is -0.104. The number of hydrogen-bond acceptors (Lipinski definition) is 2. The predicted molar refractivity (Wildman–Crippen MR) is 95.0 cm³/mol. The summed E-state index contributed by atoms with van der Waals surface area (Å²) in [6.45, 7) is 2.06. The first-order valence-electron chi connectivity index (χ1n) is 7.93. The van der Waals surface area contributed by atoms with Gasteiger partial charge in [0.25, 0.3) is 0 Å². The predicted octanol–water partition coefficient (Wildman–Crippen LogP) is 5.27. The zero-order valence-corrected chi connectivity index (χ0v) is 14.7. The molecule has 2 rings (SSSR count). The molecule has 1 saturated carbocycles. The molecule has 0 saturated heterocycles. The maximum atomic E-state index is 12.2. The lowest BCUT2D eigenvalue weighted by Crippen LogP contribution is -2.21. The molecule has 1 aliphatic carbocycles. The van der Waals surface area contributed by atoms with E-state index in [1.807, 2.05) is 0 Å². The lowest BCUT2D eigenvalue weighted by molar-refractivity contribution is -0.121. The Labute approximate surface area is 147 Å². The number of anilines is 1. The summed E-state index contributed by atoms with van der Waals surface area (Å²) in [6, 6.07) is 4.93. The lowest BCUT2D eigenvalue weighted by atomic mass is 9.89. The average molecular weight is 354 g/mol. The van der Waals surface area contributed by atoms with Crippen LogP contribution in [0.2, 0.25) is 10.0 Å². The molecule has 0 radical (unpaired) electrons. The molecule has 23 heavy (non-hydrogen) atoms. The fraction of sp³-hybridized carbons (Fsp3) is 0.444. The Bertz CT molecular complexity index is 593. The van der Waals surface area contributed by atoms with Gasteiger partial charge in [-0.3, -0.25) is 9.59 Å². The molecule has 124 valence electrons. The Morgan fingerprint density at radius 1 is 1.26 bits per heavy atom. The fourth-order valence-electron chi connectivity index (χ4n) is 3.03. The SMILES string of the molecule is CC/C=C\C[C@@H]1C(=O)CC[C@H]1CC(=O)Nc1cc(Cl)cc(Cl)c1. The van der Waals surface area contributed by atoms with Crippen molar-refractivity contribution in [1.29, 1.82) is 0 Å². The number of hydrogen-bond donors (Lipinski definition) is 1. The molecule has 1 fully saturated rings. The fourth-order valence-corrected chi connectivity index (χ4v) is 3.56. The Balaban J connectivity index is 1.95. The van der Waals surface area contributed by atoms with Crippen LogP contribution in [0.5, 0.6) is 0 Å². The van der Waals surface area contributed by atoms with E-state index in [0.717, 1.165) is 19.3 Å². The Kier molecular flexibility index (Phi) is 6.67. The molecule has 2 atom stereocenters. The highest BCUT2D eigenvalue weighted by Crippen LogP contribution is 2.34. The van der Waals surface area contributed by atoms with Gasteiger partial charge in [-0.2, -0.15) is 0 Å². The van der Waals surface area contributed by atoms with Gasteiger partial charge in [-0.15, -0.1) is 0 Å². The van der Waals surface area contributed by atoms with E-state index < -0.39 is 0 Å². The van der Waals surface area contributed by atoms with Gasteiger partial charge in [0.15, 0.2) is 0 Å². The number of nitrogens with one attached hydrogen (secondary N) is 1. The van der Waals surface area contributed by atoms with Gasteiger partial charge < -0.3 is 5.32 Å². The van der Waals surface area contributed by atoms with Crippen molar-refractivity contribution < 1.29 is 9.59 Å². The highest BCUT2D eigenvalue weighted by atomic mass is 35.5. The van der Waals surface area contributed by atoms with E-state index in [0.29, 0.717) is 28.6 Å². The van der Waals surface area contributed by atoms with Crippen molar-refractivity contribution in [2.24, 2.45) is 11.8 Å². The number of benzene rings is 1. The van der Waals surface area contributed by atoms with Gasteiger partial charge in [0.05, 0.1) is 0 Å². The third-order valence-electron chi connectivity index (χ3n) is 4.13. The van der Waals surface area contributed by atoms with Gasteiger partial charge in [-0.05, 0) is 43.4 Å². The van der Waals surface area contributed by atoms with Crippen molar-refractivity contribution in [3.63, 3.8) is 0 Å². The second-order valence-electron chi connectivity index (χ2n) is 5.90. The lowest BCUT2D eigenvalue weighted by Gasteiger charge is -2.16. The van der Waals surface area contributed by atoms with E-state index >= 15 is 0 Å². The van der Waals surface area contributed by atoms with Crippen molar-refractivity contribution in [2.75, 3.05) is 5.32 Å². The first-order chi connectivity index (χ1) is 11.0. The van der Waals surface area contributed by atoms with E-state index in [1.54, 1.807) is 18.2 Å². The monoisotopic (exact) mass is 353 g/mol. The Morgan fingerprint density at radius 3 is 2.61 bits per heavy atom. The molecule has 0 bridgehead atoms. The number of carbonyl (C=O) groups excluding carboxylic acids is 2. The van der Waals surface area contributed by atoms with Gasteiger partial charge in [0.2, 0.25) is 5.91 Å². The summed E-state index contributed by atoms with van der Waals surface area (Å²) in [5.41, 5.74) is 0.583. The second kappa shape index (κ2) is 8.51. The number of carbonyl (C=O) groups is 2. The van der Waals surface area contributed by atoms with Gasteiger partial charge in [-0.1, -0.05) is 42.3 Å². The third-order valence-corrected chi connectivity index (χ3v) is 4.57.